The lowest BCUT2D eigenvalue weighted by atomic mass is 10.1. The van der Waals surface area contributed by atoms with E-state index in [2.05, 4.69) is 15.5 Å². The Bertz CT molecular complexity index is 1280. The molecule has 0 radical (unpaired) electrons. The fourth-order valence-electron chi connectivity index (χ4n) is 2.87. The lowest BCUT2D eigenvalue weighted by Gasteiger charge is -2.11. The number of fused-ring (bicyclic) bond motifs is 1. The molecule has 1 amide bonds. The van der Waals surface area contributed by atoms with Gasteiger partial charge in [-0.2, -0.15) is 4.80 Å². The molecule has 0 saturated heterocycles. The average Bonchev–Trinajstić information content (AvgIpc) is 3.14. The predicted octanol–water partition coefficient (Wildman–Crippen LogP) is 4.68. The molecule has 10 heteroatoms. The van der Waals surface area contributed by atoms with Crippen molar-refractivity contribution < 1.29 is 26.7 Å². The summed E-state index contributed by atoms with van der Waals surface area (Å²) in [7, 11) is 0. The minimum atomic E-state index is -2.34. The fraction of sp³-hybridized carbons (Fsp3) is 0.0500. The summed E-state index contributed by atoms with van der Waals surface area (Å²) in [6, 6.07) is 11.9. The molecule has 0 bridgehead atoms. The van der Waals surface area contributed by atoms with Crippen molar-refractivity contribution in [1.82, 2.24) is 15.0 Å². The van der Waals surface area contributed by atoms with Crippen LogP contribution in [-0.2, 0) is 0 Å². The first-order chi connectivity index (χ1) is 14.3. The molecule has 30 heavy (non-hydrogen) atoms. The number of rotatable bonds is 3. The maximum atomic E-state index is 13.9. The van der Waals surface area contributed by atoms with Crippen LogP contribution in [0.4, 0.5) is 27.6 Å². The summed E-state index contributed by atoms with van der Waals surface area (Å²) in [5.74, 6) is -12.6. The number of hydrogen-bond acceptors (Lipinski definition) is 3. The van der Waals surface area contributed by atoms with Crippen molar-refractivity contribution >= 4 is 22.6 Å². The Morgan fingerprint density at radius 2 is 1.37 bits per heavy atom. The zero-order valence-electron chi connectivity index (χ0n) is 15.2. The second kappa shape index (κ2) is 7.21. The van der Waals surface area contributed by atoms with E-state index in [-0.39, 0.29) is 5.69 Å². The molecule has 152 valence electrons. The molecule has 0 aliphatic heterocycles. The van der Waals surface area contributed by atoms with Crippen LogP contribution in [0.2, 0.25) is 0 Å². The van der Waals surface area contributed by atoms with E-state index in [1.165, 1.54) is 10.9 Å². The predicted molar refractivity (Wildman–Crippen MR) is 97.8 cm³/mol. The van der Waals surface area contributed by atoms with E-state index in [0.717, 1.165) is 0 Å². The molecule has 4 aromatic rings. The zero-order valence-corrected chi connectivity index (χ0v) is 15.2. The Labute approximate surface area is 165 Å². The van der Waals surface area contributed by atoms with Crippen LogP contribution in [-0.4, -0.2) is 20.9 Å². The van der Waals surface area contributed by atoms with Crippen molar-refractivity contribution in [3.05, 3.63) is 82.7 Å². The first-order valence-corrected chi connectivity index (χ1v) is 8.54. The van der Waals surface area contributed by atoms with Gasteiger partial charge in [0.15, 0.2) is 23.3 Å². The Balaban J connectivity index is 1.73. The number of hydrogen-bond donors (Lipinski definition) is 1. The third-order valence-electron chi connectivity index (χ3n) is 4.40. The standard InChI is InChI=1S/C20H11F5N4O/c1-9-7-12-13(28-29(27-12)10-5-3-2-4-6-10)8-11(9)26-20(30)14-15(21)17(23)19(25)18(24)16(14)22/h2-8H,1H3,(H,26,30). The number of carbonyl (C=O) groups is 1. The van der Waals surface area contributed by atoms with E-state index in [1.807, 2.05) is 6.07 Å². The van der Waals surface area contributed by atoms with Gasteiger partial charge < -0.3 is 5.32 Å². The normalized spacial score (nSPS) is 11.1. The first kappa shape index (κ1) is 19.5. The molecule has 0 unspecified atom stereocenters. The Kier molecular flexibility index (Phi) is 4.69. The van der Waals surface area contributed by atoms with Crippen molar-refractivity contribution in [2.75, 3.05) is 5.32 Å². The third-order valence-corrected chi connectivity index (χ3v) is 4.40. The van der Waals surface area contributed by atoms with Crippen molar-refractivity contribution in [3.63, 3.8) is 0 Å². The summed E-state index contributed by atoms with van der Waals surface area (Å²) >= 11 is 0. The minimum Gasteiger partial charge on any atom is -0.321 e. The van der Waals surface area contributed by atoms with Crippen LogP contribution in [0.25, 0.3) is 16.7 Å². The molecule has 1 N–H and O–H groups in total. The Morgan fingerprint density at radius 1 is 0.833 bits per heavy atom. The minimum absolute atomic E-state index is 0.0801. The molecule has 3 aromatic carbocycles. The molecule has 5 nitrogen and oxygen atoms in total. The number of aromatic nitrogens is 3. The van der Waals surface area contributed by atoms with Crippen LogP contribution in [0, 0.1) is 36.0 Å². The zero-order chi connectivity index (χ0) is 21.6. The number of nitrogens with one attached hydrogen (secondary N) is 1. The molecule has 4 rings (SSSR count). The highest BCUT2D eigenvalue weighted by molar-refractivity contribution is 6.05. The molecule has 0 aliphatic rings. The van der Waals surface area contributed by atoms with E-state index in [9.17, 15) is 26.7 Å². The third kappa shape index (κ3) is 3.15. The smallest absolute Gasteiger partial charge is 0.261 e. The number of anilines is 1. The topological polar surface area (TPSA) is 59.8 Å². The second-order valence-corrected chi connectivity index (χ2v) is 6.38. The number of carbonyl (C=O) groups excluding carboxylic acids is 1. The molecule has 1 aromatic heterocycles. The quantitative estimate of drug-likeness (QED) is 0.299. The van der Waals surface area contributed by atoms with E-state index < -0.39 is 40.6 Å². The van der Waals surface area contributed by atoms with Gasteiger partial charge in [-0.25, -0.2) is 22.0 Å². The van der Waals surface area contributed by atoms with Crippen LogP contribution >= 0.6 is 0 Å². The first-order valence-electron chi connectivity index (χ1n) is 8.54. The maximum absolute atomic E-state index is 13.9. The fourth-order valence-corrected chi connectivity index (χ4v) is 2.87. The van der Waals surface area contributed by atoms with Crippen molar-refractivity contribution in [1.29, 1.82) is 0 Å². The van der Waals surface area contributed by atoms with E-state index in [0.29, 0.717) is 22.3 Å². The summed E-state index contributed by atoms with van der Waals surface area (Å²) in [6.07, 6.45) is 0. The molecule has 0 aliphatic carbocycles. The number of halogens is 5. The van der Waals surface area contributed by atoms with Gasteiger partial charge in [0.05, 0.1) is 5.69 Å². The van der Waals surface area contributed by atoms with Gasteiger partial charge in [0.1, 0.15) is 16.6 Å². The molecule has 0 saturated carbocycles. The van der Waals surface area contributed by atoms with Crippen molar-refractivity contribution in [3.8, 4) is 5.69 Å². The van der Waals surface area contributed by atoms with Crippen LogP contribution in [0.3, 0.4) is 0 Å². The van der Waals surface area contributed by atoms with Crippen molar-refractivity contribution in [2.45, 2.75) is 6.92 Å². The van der Waals surface area contributed by atoms with Gasteiger partial charge in [-0.15, -0.1) is 10.2 Å². The summed E-state index contributed by atoms with van der Waals surface area (Å²) in [5.41, 5.74) is 0.455. The van der Waals surface area contributed by atoms with Gasteiger partial charge >= 0.3 is 0 Å². The summed E-state index contributed by atoms with van der Waals surface area (Å²) in [5, 5.41) is 10.8. The number of nitrogens with zero attached hydrogens (tertiary/aromatic N) is 3. The van der Waals surface area contributed by atoms with Crippen LogP contribution in [0.15, 0.2) is 42.5 Å². The molecule has 0 spiro atoms. The SMILES string of the molecule is Cc1cc2nn(-c3ccccc3)nc2cc1NC(=O)c1c(F)c(F)c(F)c(F)c1F. The maximum Gasteiger partial charge on any atom is 0.261 e. The highest BCUT2D eigenvalue weighted by Gasteiger charge is 2.30. The molecule has 0 atom stereocenters. The van der Waals surface area contributed by atoms with E-state index >= 15 is 0 Å². The van der Waals surface area contributed by atoms with E-state index in [4.69, 9.17) is 0 Å². The summed E-state index contributed by atoms with van der Waals surface area (Å²) in [4.78, 5) is 13.7. The monoisotopic (exact) mass is 418 g/mol. The number of para-hydroxylation sites is 1. The second-order valence-electron chi connectivity index (χ2n) is 6.38. The van der Waals surface area contributed by atoms with Gasteiger partial charge in [-0.1, -0.05) is 18.2 Å². The number of aryl methyl sites for hydroxylation is 1. The van der Waals surface area contributed by atoms with Crippen LogP contribution < -0.4 is 5.32 Å². The van der Waals surface area contributed by atoms with Gasteiger partial charge in [0, 0.05) is 5.69 Å². The Morgan fingerprint density at radius 3 is 1.97 bits per heavy atom. The lowest BCUT2D eigenvalue weighted by molar-refractivity contribution is 0.101. The highest BCUT2D eigenvalue weighted by atomic mass is 19.2. The van der Waals surface area contributed by atoms with Crippen LogP contribution in [0.1, 0.15) is 15.9 Å². The summed E-state index contributed by atoms with van der Waals surface area (Å²) in [6.45, 7) is 1.58. The number of benzene rings is 3. The van der Waals surface area contributed by atoms with Crippen molar-refractivity contribution in [2.24, 2.45) is 0 Å². The molecule has 0 fully saturated rings. The molecule has 1 heterocycles. The van der Waals surface area contributed by atoms with E-state index in [1.54, 1.807) is 37.3 Å². The summed E-state index contributed by atoms with van der Waals surface area (Å²) < 4.78 is 67.8. The van der Waals surface area contributed by atoms with Gasteiger partial charge in [-0.05, 0) is 36.8 Å². The molecular formula is C20H11F5N4O. The highest BCUT2D eigenvalue weighted by Crippen LogP contribution is 2.26. The van der Waals surface area contributed by atoms with Gasteiger partial charge in [0.2, 0.25) is 5.82 Å². The lowest BCUT2D eigenvalue weighted by Crippen LogP contribution is -2.19. The largest absolute Gasteiger partial charge is 0.321 e. The molecular weight excluding hydrogens is 407 g/mol. The van der Waals surface area contributed by atoms with Gasteiger partial charge in [-0.3, -0.25) is 4.79 Å². The Hall–Kier alpha value is -3.82. The number of amides is 1. The average molecular weight is 418 g/mol. The van der Waals surface area contributed by atoms with Crippen LogP contribution in [0.5, 0.6) is 0 Å². The van der Waals surface area contributed by atoms with Gasteiger partial charge in [0.25, 0.3) is 5.91 Å².